The molecule has 0 radical (unpaired) electrons. The van der Waals surface area contributed by atoms with Crippen molar-refractivity contribution in [2.75, 3.05) is 0 Å². The SMILES string of the molecule is O=C(C=Cc1ccc(-c2ccc([N+](=O)[O-])cc2)o1)c1cccc2ccccc12. The molecule has 0 saturated carbocycles. The Balaban J connectivity index is 1.55. The number of hydrogen-bond donors (Lipinski definition) is 0. The fourth-order valence-corrected chi connectivity index (χ4v) is 3.03. The minimum absolute atomic E-state index is 0.0242. The summed E-state index contributed by atoms with van der Waals surface area (Å²) in [7, 11) is 0. The maximum Gasteiger partial charge on any atom is 0.269 e. The lowest BCUT2D eigenvalue weighted by Crippen LogP contribution is -1.95. The summed E-state index contributed by atoms with van der Waals surface area (Å²) in [5.41, 5.74) is 1.39. The van der Waals surface area contributed by atoms with Crippen molar-refractivity contribution >= 4 is 28.3 Å². The Kier molecular flexibility index (Phi) is 4.56. The molecular weight excluding hydrogens is 354 g/mol. The van der Waals surface area contributed by atoms with E-state index in [1.54, 1.807) is 36.4 Å². The van der Waals surface area contributed by atoms with Crippen LogP contribution in [-0.2, 0) is 0 Å². The molecule has 0 atom stereocenters. The van der Waals surface area contributed by atoms with Gasteiger partial charge in [-0.3, -0.25) is 14.9 Å². The van der Waals surface area contributed by atoms with Gasteiger partial charge in [0.25, 0.3) is 5.69 Å². The Morgan fingerprint density at radius 2 is 1.64 bits per heavy atom. The van der Waals surface area contributed by atoms with E-state index in [4.69, 9.17) is 4.42 Å². The number of nitrogens with zero attached hydrogens (tertiary/aromatic N) is 1. The van der Waals surface area contributed by atoms with Gasteiger partial charge in [0.1, 0.15) is 11.5 Å². The van der Waals surface area contributed by atoms with Crippen LogP contribution < -0.4 is 0 Å². The van der Waals surface area contributed by atoms with Gasteiger partial charge in [-0.05, 0) is 47.2 Å². The first-order valence-corrected chi connectivity index (χ1v) is 8.67. The molecule has 3 aromatic carbocycles. The number of ketones is 1. The van der Waals surface area contributed by atoms with Crippen molar-refractivity contribution in [2.45, 2.75) is 0 Å². The minimum atomic E-state index is -0.445. The van der Waals surface area contributed by atoms with Crippen LogP contribution in [0.4, 0.5) is 5.69 Å². The highest BCUT2D eigenvalue weighted by atomic mass is 16.6. The molecule has 4 rings (SSSR count). The molecule has 5 heteroatoms. The third kappa shape index (κ3) is 3.46. The topological polar surface area (TPSA) is 73.3 Å². The van der Waals surface area contributed by atoms with E-state index in [9.17, 15) is 14.9 Å². The van der Waals surface area contributed by atoms with Crippen molar-refractivity contribution < 1.29 is 14.1 Å². The number of benzene rings is 3. The first-order valence-electron chi connectivity index (χ1n) is 8.67. The van der Waals surface area contributed by atoms with Crippen molar-refractivity contribution in [1.29, 1.82) is 0 Å². The van der Waals surface area contributed by atoms with Crippen LogP contribution in [0, 0.1) is 10.1 Å². The number of nitro groups is 1. The van der Waals surface area contributed by atoms with Gasteiger partial charge in [0.15, 0.2) is 5.78 Å². The second-order valence-corrected chi connectivity index (χ2v) is 6.23. The summed E-state index contributed by atoms with van der Waals surface area (Å²) >= 11 is 0. The normalized spacial score (nSPS) is 11.1. The van der Waals surface area contributed by atoms with Crippen LogP contribution in [0.1, 0.15) is 16.1 Å². The standard InChI is InChI=1S/C23H15NO4/c25-22(21-7-3-5-16-4-1-2-6-20(16)21)14-12-19-13-15-23(28-19)17-8-10-18(11-9-17)24(26)27/h1-15H. The molecule has 28 heavy (non-hydrogen) atoms. The summed E-state index contributed by atoms with van der Waals surface area (Å²) < 4.78 is 5.73. The van der Waals surface area contributed by atoms with E-state index >= 15 is 0 Å². The third-order valence-electron chi connectivity index (χ3n) is 4.44. The Morgan fingerprint density at radius 1 is 0.893 bits per heavy atom. The summed E-state index contributed by atoms with van der Waals surface area (Å²) in [6, 6.07) is 23.0. The smallest absolute Gasteiger partial charge is 0.269 e. The number of hydrogen-bond acceptors (Lipinski definition) is 4. The Bertz CT molecular complexity index is 1200. The first kappa shape index (κ1) is 17.4. The van der Waals surface area contributed by atoms with E-state index in [1.165, 1.54) is 18.2 Å². The number of nitro benzene ring substituents is 1. The lowest BCUT2D eigenvalue weighted by molar-refractivity contribution is -0.384. The van der Waals surface area contributed by atoms with Crippen LogP contribution in [0.15, 0.2) is 89.4 Å². The Morgan fingerprint density at radius 3 is 2.43 bits per heavy atom. The summed E-state index contributed by atoms with van der Waals surface area (Å²) in [5.74, 6) is 0.999. The van der Waals surface area contributed by atoms with Gasteiger partial charge >= 0.3 is 0 Å². The van der Waals surface area contributed by atoms with Gasteiger partial charge in [-0.2, -0.15) is 0 Å². The van der Waals surface area contributed by atoms with Gasteiger partial charge in [-0.15, -0.1) is 0 Å². The molecule has 136 valence electrons. The highest BCUT2D eigenvalue weighted by Gasteiger charge is 2.09. The zero-order chi connectivity index (χ0) is 19.5. The molecule has 0 bridgehead atoms. The number of non-ortho nitro benzene ring substituents is 1. The zero-order valence-electron chi connectivity index (χ0n) is 14.7. The van der Waals surface area contributed by atoms with E-state index in [0.717, 1.165) is 16.3 Å². The molecule has 1 heterocycles. The van der Waals surface area contributed by atoms with Crippen LogP contribution in [0.25, 0.3) is 28.2 Å². The highest BCUT2D eigenvalue weighted by Crippen LogP contribution is 2.25. The fourth-order valence-electron chi connectivity index (χ4n) is 3.03. The fraction of sp³-hybridized carbons (Fsp3) is 0. The highest BCUT2D eigenvalue weighted by molar-refractivity contribution is 6.14. The van der Waals surface area contributed by atoms with E-state index < -0.39 is 4.92 Å². The molecule has 0 aliphatic heterocycles. The van der Waals surface area contributed by atoms with Gasteiger partial charge in [0, 0.05) is 23.3 Å². The predicted octanol–water partition coefficient (Wildman–Crippen LogP) is 5.90. The van der Waals surface area contributed by atoms with Crippen molar-refractivity contribution in [3.8, 4) is 11.3 Å². The van der Waals surface area contributed by atoms with Crippen LogP contribution in [0.2, 0.25) is 0 Å². The van der Waals surface area contributed by atoms with E-state index in [0.29, 0.717) is 17.1 Å². The van der Waals surface area contributed by atoms with Crippen molar-refractivity contribution in [3.63, 3.8) is 0 Å². The van der Waals surface area contributed by atoms with E-state index in [2.05, 4.69) is 0 Å². The van der Waals surface area contributed by atoms with Crippen molar-refractivity contribution in [1.82, 2.24) is 0 Å². The number of carbonyl (C=O) groups excluding carboxylic acids is 1. The van der Waals surface area contributed by atoms with Crippen molar-refractivity contribution in [2.24, 2.45) is 0 Å². The van der Waals surface area contributed by atoms with Gasteiger partial charge in [0.2, 0.25) is 0 Å². The molecule has 0 saturated heterocycles. The van der Waals surface area contributed by atoms with Crippen LogP contribution >= 0.6 is 0 Å². The quantitative estimate of drug-likeness (QED) is 0.190. The van der Waals surface area contributed by atoms with Crippen LogP contribution in [-0.4, -0.2) is 10.7 Å². The molecule has 5 nitrogen and oxygen atoms in total. The molecule has 0 aliphatic carbocycles. The molecule has 1 aromatic heterocycles. The average Bonchev–Trinajstić information content (AvgIpc) is 3.20. The van der Waals surface area contributed by atoms with Gasteiger partial charge in [0.05, 0.1) is 4.92 Å². The maximum absolute atomic E-state index is 12.6. The monoisotopic (exact) mass is 369 g/mol. The Hall–Kier alpha value is -3.99. The van der Waals surface area contributed by atoms with Crippen LogP contribution in [0.3, 0.4) is 0 Å². The second-order valence-electron chi connectivity index (χ2n) is 6.23. The molecule has 0 aliphatic rings. The number of carbonyl (C=O) groups is 1. The summed E-state index contributed by atoms with van der Waals surface area (Å²) in [4.78, 5) is 22.9. The number of rotatable bonds is 5. The lowest BCUT2D eigenvalue weighted by atomic mass is 10.0. The molecule has 0 fully saturated rings. The number of allylic oxidation sites excluding steroid dienone is 1. The summed E-state index contributed by atoms with van der Waals surface area (Å²) in [6.07, 6.45) is 3.11. The van der Waals surface area contributed by atoms with Gasteiger partial charge in [-0.25, -0.2) is 0 Å². The third-order valence-corrected chi connectivity index (χ3v) is 4.44. The van der Waals surface area contributed by atoms with Crippen molar-refractivity contribution in [3.05, 3.63) is 106 Å². The molecule has 0 spiro atoms. The average molecular weight is 369 g/mol. The van der Waals surface area contributed by atoms with E-state index in [1.807, 2.05) is 36.4 Å². The first-order chi connectivity index (χ1) is 13.6. The summed E-state index contributed by atoms with van der Waals surface area (Å²) in [5, 5.41) is 12.7. The van der Waals surface area contributed by atoms with Gasteiger partial charge in [-0.1, -0.05) is 42.5 Å². The predicted molar refractivity (Wildman–Crippen MR) is 108 cm³/mol. The lowest BCUT2D eigenvalue weighted by Gasteiger charge is -2.02. The molecule has 4 aromatic rings. The van der Waals surface area contributed by atoms with Gasteiger partial charge < -0.3 is 4.42 Å². The number of furan rings is 1. The van der Waals surface area contributed by atoms with Crippen LogP contribution in [0.5, 0.6) is 0 Å². The second kappa shape index (κ2) is 7.32. The minimum Gasteiger partial charge on any atom is -0.457 e. The molecular formula is C23H15NO4. The number of fused-ring (bicyclic) bond motifs is 1. The molecule has 0 unspecified atom stereocenters. The zero-order valence-corrected chi connectivity index (χ0v) is 14.7. The molecule has 0 N–H and O–H groups in total. The summed E-state index contributed by atoms with van der Waals surface area (Å²) in [6.45, 7) is 0. The largest absolute Gasteiger partial charge is 0.457 e. The molecule has 0 amide bonds. The Labute approximate surface area is 160 Å². The maximum atomic E-state index is 12.6. The van der Waals surface area contributed by atoms with E-state index in [-0.39, 0.29) is 11.5 Å².